The summed E-state index contributed by atoms with van der Waals surface area (Å²) in [7, 11) is 0. The van der Waals surface area contributed by atoms with E-state index in [0.29, 0.717) is 12.0 Å². The molecule has 20 heavy (non-hydrogen) atoms. The van der Waals surface area contributed by atoms with Crippen molar-refractivity contribution in [3.63, 3.8) is 0 Å². The lowest BCUT2D eigenvalue weighted by Crippen LogP contribution is -2.20. The maximum Gasteiger partial charge on any atom is 0.0518 e. The number of rotatable bonds is 10. The van der Waals surface area contributed by atoms with Crippen LogP contribution in [-0.4, -0.2) is 31.6 Å². The normalized spacial score (nSPS) is 11.5. The zero-order chi connectivity index (χ0) is 14.8. The van der Waals surface area contributed by atoms with E-state index in [2.05, 4.69) is 57.3 Å². The highest BCUT2D eigenvalue weighted by atomic mass is 32.2. The highest BCUT2D eigenvalue weighted by Crippen LogP contribution is 2.21. The van der Waals surface area contributed by atoms with Gasteiger partial charge in [0, 0.05) is 23.8 Å². The minimum absolute atomic E-state index is 0.347. The van der Waals surface area contributed by atoms with Gasteiger partial charge in [0.15, 0.2) is 0 Å². The first-order chi connectivity index (χ1) is 9.59. The summed E-state index contributed by atoms with van der Waals surface area (Å²) < 4.78 is 5.50. The van der Waals surface area contributed by atoms with Crippen molar-refractivity contribution in [3.05, 3.63) is 29.8 Å². The molecule has 114 valence electrons. The zero-order valence-corrected chi connectivity index (χ0v) is 14.1. The molecule has 1 aromatic rings. The van der Waals surface area contributed by atoms with Gasteiger partial charge in [0.25, 0.3) is 0 Å². The number of benzene rings is 1. The Bertz CT molecular complexity index is 349. The fraction of sp³-hybridized carbons (Fsp3) is 0.647. The van der Waals surface area contributed by atoms with Crippen LogP contribution in [0, 0.1) is 0 Å². The summed E-state index contributed by atoms with van der Waals surface area (Å²) in [6, 6.07) is 8.94. The van der Waals surface area contributed by atoms with Crippen LogP contribution in [0.5, 0.6) is 0 Å². The summed E-state index contributed by atoms with van der Waals surface area (Å²) in [4.78, 5) is 1.36. The minimum Gasteiger partial charge on any atom is -0.379 e. The molecule has 3 heteroatoms. The van der Waals surface area contributed by atoms with Crippen molar-refractivity contribution in [2.75, 3.05) is 25.4 Å². The van der Waals surface area contributed by atoms with E-state index in [-0.39, 0.29) is 0 Å². The predicted octanol–water partition coefficient (Wildman–Crippen LogP) is 4.31. The first kappa shape index (κ1) is 17.5. The molecule has 0 atom stereocenters. The molecule has 2 nitrogen and oxygen atoms in total. The first-order valence-electron chi connectivity index (χ1n) is 7.64. The molecular formula is C17H29NOS. The van der Waals surface area contributed by atoms with Gasteiger partial charge in [0.1, 0.15) is 0 Å². The summed E-state index contributed by atoms with van der Waals surface area (Å²) in [6.45, 7) is 11.6. The van der Waals surface area contributed by atoms with Crippen molar-refractivity contribution in [1.82, 2.24) is 5.32 Å². The second-order valence-corrected chi connectivity index (χ2v) is 6.76. The fourth-order valence-corrected chi connectivity index (χ4v) is 2.64. The van der Waals surface area contributed by atoms with Gasteiger partial charge in [-0.05, 0) is 50.4 Å². The molecule has 0 aliphatic rings. The number of hydrogen-bond acceptors (Lipinski definition) is 3. The summed E-state index contributed by atoms with van der Waals surface area (Å²) in [5, 5.41) is 3.46. The second kappa shape index (κ2) is 10.3. The molecule has 0 bridgehead atoms. The third kappa shape index (κ3) is 7.93. The monoisotopic (exact) mass is 295 g/mol. The van der Waals surface area contributed by atoms with Crippen molar-refractivity contribution in [3.8, 4) is 0 Å². The lowest BCUT2D eigenvalue weighted by molar-refractivity contribution is 0.0772. The van der Waals surface area contributed by atoms with Crippen LogP contribution >= 0.6 is 11.8 Å². The molecule has 0 aliphatic carbocycles. The highest BCUT2D eigenvalue weighted by molar-refractivity contribution is 7.99. The summed E-state index contributed by atoms with van der Waals surface area (Å²) in [6.07, 6.45) is 1.44. The molecule has 0 amide bonds. The quantitative estimate of drug-likeness (QED) is 0.513. The average Bonchev–Trinajstić information content (AvgIpc) is 2.42. The van der Waals surface area contributed by atoms with Gasteiger partial charge in [-0.2, -0.15) is 0 Å². The topological polar surface area (TPSA) is 21.3 Å². The molecule has 0 aliphatic heterocycles. The Labute approximate surface area is 128 Å². The van der Waals surface area contributed by atoms with Gasteiger partial charge in [-0.25, -0.2) is 0 Å². The van der Waals surface area contributed by atoms with Gasteiger partial charge in [-0.1, -0.05) is 26.0 Å². The molecule has 1 N–H and O–H groups in total. The molecule has 1 aromatic carbocycles. The third-order valence-corrected chi connectivity index (χ3v) is 4.06. The number of hydrogen-bond donors (Lipinski definition) is 1. The molecule has 0 radical (unpaired) electrons. The molecule has 0 saturated heterocycles. The van der Waals surface area contributed by atoms with E-state index in [1.54, 1.807) is 0 Å². The molecular weight excluding hydrogens is 266 g/mol. The molecule has 0 heterocycles. The van der Waals surface area contributed by atoms with E-state index in [1.165, 1.54) is 10.5 Å². The SMILES string of the molecule is CC(C)OCCCNCCSc1ccc(C(C)C)cc1. The lowest BCUT2D eigenvalue weighted by atomic mass is 10.0. The van der Waals surface area contributed by atoms with Crippen LogP contribution in [-0.2, 0) is 4.74 Å². The lowest BCUT2D eigenvalue weighted by Gasteiger charge is -2.09. The molecule has 0 fully saturated rings. The summed E-state index contributed by atoms with van der Waals surface area (Å²) in [5.74, 6) is 1.73. The standard InChI is InChI=1S/C17H29NOS/c1-14(2)16-6-8-17(9-7-16)20-13-11-18-10-5-12-19-15(3)4/h6-9,14-15,18H,5,10-13H2,1-4H3. The predicted molar refractivity (Wildman–Crippen MR) is 89.8 cm³/mol. The zero-order valence-electron chi connectivity index (χ0n) is 13.3. The van der Waals surface area contributed by atoms with E-state index < -0.39 is 0 Å². The van der Waals surface area contributed by atoms with Crippen molar-refractivity contribution in [2.45, 2.75) is 51.0 Å². The van der Waals surface area contributed by atoms with Crippen LogP contribution in [0.1, 0.15) is 45.6 Å². The van der Waals surface area contributed by atoms with Gasteiger partial charge in [0.2, 0.25) is 0 Å². The van der Waals surface area contributed by atoms with Crippen LogP contribution in [0.4, 0.5) is 0 Å². The van der Waals surface area contributed by atoms with Gasteiger partial charge < -0.3 is 10.1 Å². The van der Waals surface area contributed by atoms with Gasteiger partial charge in [-0.3, -0.25) is 0 Å². The van der Waals surface area contributed by atoms with E-state index in [9.17, 15) is 0 Å². The Morgan fingerprint density at radius 1 is 1.05 bits per heavy atom. The van der Waals surface area contributed by atoms with Crippen molar-refractivity contribution < 1.29 is 4.74 Å². The Morgan fingerprint density at radius 3 is 2.35 bits per heavy atom. The maximum absolute atomic E-state index is 5.50. The van der Waals surface area contributed by atoms with Gasteiger partial charge in [0.05, 0.1) is 6.10 Å². The molecule has 0 spiro atoms. The molecule has 0 saturated carbocycles. The van der Waals surface area contributed by atoms with E-state index in [4.69, 9.17) is 4.74 Å². The number of nitrogens with one attached hydrogen (secondary N) is 1. The summed E-state index contributed by atoms with van der Waals surface area (Å²) in [5.41, 5.74) is 1.41. The third-order valence-electron chi connectivity index (χ3n) is 3.04. The maximum atomic E-state index is 5.50. The Kier molecular flexibility index (Phi) is 8.99. The Balaban J connectivity index is 2.03. The fourth-order valence-electron chi connectivity index (χ4n) is 1.83. The van der Waals surface area contributed by atoms with E-state index in [0.717, 1.165) is 31.9 Å². The minimum atomic E-state index is 0.347. The van der Waals surface area contributed by atoms with Crippen molar-refractivity contribution in [2.24, 2.45) is 0 Å². The van der Waals surface area contributed by atoms with Crippen LogP contribution in [0.3, 0.4) is 0 Å². The highest BCUT2D eigenvalue weighted by Gasteiger charge is 1.99. The molecule has 0 unspecified atom stereocenters. The van der Waals surface area contributed by atoms with Gasteiger partial charge >= 0.3 is 0 Å². The smallest absolute Gasteiger partial charge is 0.0518 e. The van der Waals surface area contributed by atoms with Crippen molar-refractivity contribution in [1.29, 1.82) is 0 Å². The van der Waals surface area contributed by atoms with Crippen molar-refractivity contribution >= 4 is 11.8 Å². The Hall–Kier alpha value is -0.510. The average molecular weight is 295 g/mol. The Morgan fingerprint density at radius 2 is 1.75 bits per heavy atom. The molecule has 0 aromatic heterocycles. The van der Waals surface area contributed by atoms with Crippen LogP contribution in [0.15, 0.2) is 29.2 Å². The number of thioether (sulfide) groups is 1. The van der Waals surface area contributed by atoms with Crippen LogP contribution < -0.4 is 5.32 Å². The van der Waals surface area contributed by atoms with E-state index >= 15 is 0 Å². The second-order valence-electron chi connectivity index (χ2n) is 5.60. The molecule has 1 rings (SSSR count). The first-order valence-corrected chi connectivity index (χ1v) is 8.63. The number of ether oxygens (including phenoxy) is 1. The van der Waals surface area contributed by atoms with Gasteiger partial charge in [-0.15, -0.1) is 11.8 Å². The largest absolute Gasteiger partial charge is 0.379 e. The van der Waals surface area contributed by atoms with E-state index in [1.807, 2.05) is 11.8 Å². The van der Waals surface area contributed by atoms with Crippen LogP contribution in [0.25, 0.3) is 0 Å². The van der Waals surface area contributed by atoms with Crippen LogP contribution in [0.2, 0.25) is 0 Å². The summed E-state index contributed by atoms with van der Waals surface area (Å²) >= 11 is 1.92.